The fourth-order valence-corrected chi connectivity index (χ4v) is 4.72. The van der Waals surface area contributed by atoms with E-state index >= 15 is 0 Å². The van der Waals surface area contributed by atoms with Crippen molar-refractivity contribution in [3.05, 3.63) is 53.9 Å². The smallest absolute Gasteiger partial charge is 0.257 e. The van der Waals surface area contributed by atoms with Gasteiger partial charge >= 0.3 is 0 Å². The minimum absolute atomic E-state index is 0.216. The van der Waals surface area contributed by atoms with Crippen LogP contribution < -0.4 is 10.2 Å². The molecule has 3 aromatic heterocycles. The van der Waals surface area contributed by atoms with Gasteiger partial charge in [0.25, 0.3) is 5.91 Å². The van der Waals surface area contributed by atoms with E-state index in [0.717, 1.165) is 42.6 Å². The summed E-state index contributed by atoms with van der Waals surface area (Å²) in [5.41, 5.74) is 3.71. The summed E-state index contributed by atoms with van der Waals surface area (Å²) in [6.45, 7) is 3.23. The van der Waals surface area contributed by atoms with Gasteiger partial charge in [-0.3, -0.25) is 14.5 Å². The summed E-state index contributed by atoms with van der Waals surface area (Å²) in [7, 11) is 1.82. The van der Waals surface area contributed by atoms with Gasteiger partial charge in [-0.15, -0.1) is 0 Å². The molecular weight excluding hydrogens is 447 g/mol. The van der Waals surface area contributed by atoms with Crippen LogP contribution in [-0.2, 0) is 7.05 Å². The molecule has 1 saturated heterocycles. The van der Waals surface area contributed by atoms with Gasteiger partial charge < -0.3 is 14.6 Å². The van der Waals surface area contributed by atoms with Crippen LogP contribution in [0.25, 0.3) is 16.6 Å². The lowest BCUT2D eigenvalue weighted by atomic mass is 10.1. The zero-order chi connectivity index (χ0) is 24.3. The number of nitriles is 1. The number of aryl methyl sites for hydroxylation is 2. The molecule has 4 heterocycles. The molecule has 176 valence electrons. The Labute approximate surface area is 200 Å². The Morgan fingerprint density at radius 2 is 2.11 bits per heavy atom. The quantitative estimate of drug-likeness (QED) is 0.491. The van der Waals surface area contributed by atoms with E-state index in [1.807, 2.05) is 19.3 Å². The second kappa shape index (κ2) is 7.63. The van der Waals surface area contributed by atoms with E-state index in [1.165, 1.54) is 6.07 Å². The monoisotopic (exact) mass is 470 g/mol. The maximum Gasteiger partial charge on any atom is 0.257 e. The van der Waals surface area contributed by atoms with Gasteiger partial charge in [0.1, 0.15) is 11.1 Å². The van der Waals surface area contributed by atoms with Crippen molar-refractivity contribution in [2.75, 3.05) is 23.3 Å². The van der Waals surface area contributed by atoms with E-state index in [1.54, 1.807) is 34.5 Å². The molecule has 1 aliphatic carbocycles. The molecule has 2 aliphatic rings. The summed E-state index contributed by atoms with van der Waals surface area (Å²) < 4.78 is 17.7. The molecule has 35 heavy (non-hydrogen) atoms. The molecule has 1 N–H and O–H groups in total. The third-order valence-electron chi connectivity index (χ3n) is 6.59. The Kier molecular flexibility index (Phi) is 4.64. The van der Waals surface area contributed by atoms with Gasteiger partial charge in [0.15, 0.2) is 11.5 Å². The lowest BCUT2D eigenvalue weighted by Gasteiger charge is -2.19. The van der Waals surface area contributed by atoms with Gasteiger partial charge in [-0.2, -0.15) is 10.4 Å². The Balaban J connectivity index is 1.30. The highest BCUT2D eigenvalue weighted by molar-refractivity contribution is 6.14. The van der Waals surface area contributed by atoms with Crippen LogP contribution in [-0.4, -0.2) is 49.4 Å². The van der Waals surface area contributed by atoms with Crippen molar-refractivity contribution in [2.24, 2.45) is 12.0 Å². The summed E-state index contributed by atoms with van der Waals surface area (Å²) in [6.07, 6.45) is 7.72. The average molecular weight is 471 g/mol. The summed E-state index contributed by atoms with van der Waals surface area (Å²) in [5, 5.41) is 17.6. The number of amides is 1. The molecule has 0 spiro atoms. The highest BCUT2D eigenvalue weighted by Gasteiger charge is 2.43. The highest BCUT2D eigenvalue weighted by atomic mass is 19.1. The van der Waals surface area contributed by atoms with Crippen LogP contribution in [0.1, 0.15) is 35.3 Å². The normalized spacial score (nSPS) is 17.9. The number of halogens is 1. The topological polar surface area (TPSA) is 104 Å². The van der Waals surface area contributed by atoms with E-state index in [-0.39, 0.29) is 11.6 Å². The molecule has 1 amide bonds. The van der Waals surface area contributed by atoms with Crippen LogP contribution in [0, 0.1) is 24.1 Å². The molecule has 0 bridgehead atoms. The van der Waals surface area contributed by atoms with Crippen LogP contribution in [0.4, 0.5) is 15.8 Å². The van der Waals surface area contributed by atoms with Crippen LogP contribution >= 0.6 is 0 Å². The number of hydrogen-bond acceptors (Lipinski definition) is 6. The number of carbonyl (C=O) groups excluding carboxylic acids is 1. The summed E-state index contributed by atoms with van der Waals surface area (Å²) in [6, 6.07) is 7.27. The number of aromatic nitrogens is 4. The number of imidazole rings is 1. The highest BCUT2D eigenvalue weighted by Crippen LogP contribution is 2.40. The molecule has 0 radical (unpaired) electrons. The van der Waals surface area contributed by atoms with E-state index in [2.05, 4.69) is 26.4 Å². The third kappa shape index (κ3) is 3.69. The number of nitrogens with one attached hydrogen (secondary N) is 1. The summed E-state index contributed by atoms with van der Waals surface area (Å²) >= 11 is 0. The maximum atomic E-state index is 14.5. The first-order valence-corrected chi connectivity index (χ1v) is 11.5. The first kappa shape index (κ1) is 21.3. The largest absolute Gasteiger partial charge is 0.365 e. The number of anilines is 2. The van der Waals surface area contributed by atoms with Crippen molar-refractivity contribution in [1.29, 1.82) is 5.26 Å². The SMILES string of the molecule is Cc1cn2cc(NC(=O)c3ccc(N4CCC(=NC5(C#N)CC5)C4)c4cn(C)nc34)cc(F)c2n1. The van der Waals surface area contributed by atoms with Gasteiger partial charge in [-0.25, -0.2) is 9.37 Å². The molecule has 6 rings (SSSR count). The van der Waals surface area contributed by atoms with Gasteiger partial charge in [0.2, 0.25) is 0 Å². The van der Waals surface area contributed by atoms with Gasteiger partial charge in [-0.1, -0.05) is 0 Å². The van der Waals surface area contributed by atoms with E-state index in [0.29, 0.717) is 29.0 Å². The molecule has 1 saturated carbocycles. The van der Waals surface area contributed by atoms with Gasteiger partial charge in [-0.05, 0) is 31.9 Å². The first-order valence-electron chi connectivity index (χ1n) is 11.5. The maximum absolute atomic E-state index is 14.5. The van der Waals surface area contributed by atoms with Crippen molar-refractivity contribution in [3.63, 3.8) is 0 Å². The van der Waals surface area contributed by atoms with Crippen LogP contribution in [0.15, 0.2) is 41.8 Å². The zero-order valence-electron chi connectivity index (χ0n) is 19.4. The third-order valence-corrected chi connectivity index (χ3v) is 6.59. The standard InChI is InChI=1S/C25H23FN8O/c1-15-10-34-12-17(9-20(26)23(34)28-15)29-24(35)18-3-4-21(19-13-32(2)31-22(18)19)33-8-5-16(11-33)30-25(14-27)6-7-25/h3-4,9-10,12-13H,5-8,11H2,1-2H3,(H,29,35). The lowest BCUT2D eigenvalue weighted by Crippen LogP contribution is -2.21. The average Bonchev–Trinajstić information content (AvgIpc) is 3.10. The molecule has 10 heteroatoms. The van der Waals surface area contributed by atoms with E-state index in [4.69, 9.17) is 4.99 Å². The molecule has 0 atom stereocenters. The number of carbonyl (C=O) groups is 1. The predicted octanol–water partition coefficient (Wildman–Crippen LogP) is 3.63. The second-order valence-corrected chi connectivity index (χ2v) is 9.33. The zero-order valence-corrected chi connectivity index (χ0v) is 19.4. The van der Waals surface area contributed by atoms with Crippen LogP contribution in [0.3, 0.4) is 0 Å². The Morgan fingerprint density at radius 1 is 1.29 bits per heavy atom. The molecule has 1 aliphatic heterocycles. The van der Waals surface area contributed by atoms with Crippen molar-refractivity contribution in [1.82, 2.24) is 19.2 Å². The van der Waals surface area contributed by atoms with Crippen LogP contribution in [0.5, 0.6) is 0 Å². The summed E-state index contributed by atoms with van der Waals surface area (Å²) in [4.78, 5) is 24.3. The lowest BCUT2D eigenvalue weighted by molar-refractivity contribution is 0.102. The predicted molar refractivity (Wildman–Crippen MR) is 130 cm³/mol. The number of pyridine rings is 1. The molecule has 4 aromatic rings. The van der Waals surface area contributed by atoms with Crippen molar-refractivity contribution >= 4 is 39.5 Å². The molecule has 9 nitrogen and oxygen atoms in total. The van der Waals surface area contributed by atoms with Crippen LogP contribution in [0.2, 0.25) is 0 Å². The number of aliphatic imine (C=N–C) groups is 1. The first-order chi connectivity index (χ1) is 16.8. The minimum atomic E-state index is -0.509. The van der Waals surface area contributed by atoms with E-state index < -0.39 is 11.4 Å². The minimum Gasteiger partial charge on any atom is -0.365 e. The number of nitrogens with zero attached hydrogens (tertiary/aromatic N) is 7. The number of hydrogen-bond donors (Lipinski definition) is 1. The molecule has 2 fully saturated rings. The number of benzene rings is 1. The second-order valence-electron chi connectivity index (χ2n) is 9.33. The Hall–Kier alpha value is -4.26. The number of fused-ring (bicyclic) bond motifs is 2. The number of rotatable bonds is 4. The Bertz CT molecular complexity index is 1590. The van der Waals surface area contributed by atoms with Gasteiger partial charge in [0.05, 0.1) is 29.6 Å². The van der Waals surface area contributed by atoms with Crippen molar-refractivity contribution in [2.45, 2.75) is 31.7 Å². The van der Waals surface area contributed by atoms with Gasteiger partial charge in [0, 0.05) is 61.5 Å². The fourth-order valence-electron chi connectivity index (χ4n) is 4.72. The Morgan fingerprint density at radius 3 is 2.89 bits per heavy atom. The van der Waals surface area contributed by atoms with E-state index in [9.17, 15) is 14.4 Å². The molecule has 0 unspecified atom stereocenters. The fraction of sp³-hybridized carbons (Fsp3) is 0.320. The summed E-state index contributed by atoms with van der Waals surface area (Å²) in [5.74, 6) is -0.880. The molecule has 1 aromatic carbocycles. The van der Waals surface area contributed by atoms with Crippen molar-refractivity contribution in [3.8, 4) is 6.07 Å². The molecular formula is C25H23FN8O. The van der Waals surface area contributed by atoms with Crippen molar-refractivity contribution < 1.29 is 9.18 Å².